The van der Waals surface area contributed by atoms with E-state index in [9.17, 15) is 22.4 Å². The molecule has 0 aliphatic rings. The molecule has 1 amide bonds. The first kappa shape index (κ1) is 19.2. The minimum Gasteiger partial charge on any atom is -0.351 e. The van der Waals surface area contributed by atoms with Gasteiger partial charge in [-0.1, -0.05) is 19.9 Å². The Kier molecular flexibility index (Phi) is 6.05. The number of nitrogens with zero attached hydrogens (tertiary/aromatic N) is 1. The molecule has 8 heteroatoms. The number of nitrogens with one attached hydrogen (secondary N) is 1. The second-order valence-electron chi connectivity index (χ2n) is 6.01. The number of aromatic nitrogens is 1. The van der Waals surface area contributed by atoms with Crippen molar-refractivity contribution in [1.29, 1.82) is 0 Å². The number of benzene rings is 1. The van der Waals surface area contributed by atoms with Crippen LogP contribution >= 0.6 is 11.8 Å². The smallest absolute Gasteiger partial charge is 0.226 e. The molecular formula is C17H16F4N2OS. The molecule has 0 spiro atoms. The van der Waals surface area contributed by atoms with Gasteiger partial charge in [-0.25, -0.2) is 17.6 Å². The largest absolute Gasteiger partial charge is 0.351 e. The van der Waals surface area contributed by atoms with Gasteiger partial charge in [0.1, 0.15) is 0 Å². The van der Waals surface area contributed by atoms with Crippen LogP contribution in [0.3, 0.4) is 0 Å². The Labute approximate surface area is 146 Å². The fraction of sp³-hybridized carbons (Fsp3) is 0.294. The quantitative estimate of drug-likeness (QED) is 0.472. The predicted molar refractivity (Wildman–Crippen MR) is 86.9 cm³/mol. The fourth-order valence-electron chi connectivity index (χ4n) is 1.92. The summed E-state index contributed by atoms with van der Waals surface area (Å²) in [6, 6.07) is 3.67. The van der Waals surface area contributed by atoms with E-state index in [4.69, 9.17) is 0 Å². The van der Waals surface area contributed by atoms with Crippen LogP contribution in [0.5, 0.6) is 0 Å². The zero-order valence-electron chi connectivity index (χ0n) is 13.6. The van der Waals surface area contributed by atoms with E-state index in [-0.39, 0.29) is 24.3 Å². The Morgan fingerprint density at radius 3 is 2.40 bits per heavy atom. The van der Waals surface area contributed by atoms with Gasteiger partial charge in [0.25, 0.3) is 0 Å². The molecule has 0 radical (unpaired) electrons. The molecule has 25 heavy (non-hydrogen) atoms. The Bertz CT molecular complexity index is 743. The van der Waals surface area contributed by atoms with E-state index in [1.165, 1.54) is 0 Å². The van der Waals surface area contributed by atoms with Crippen LogP contribution in [0.2, 0.25) is 0 Å². The van der Waals surface area contributed by atoms with Crippen LogP contribution in [0, 0.1) is 28.7 Å². The Hall–Kier alpha value is -2.09. The monoisotopic (exact) mass is 372 g/mol. The van der Waals surface area contributed by atoms with Gasteiger partial charge in [-0.15, -0.1) is 11.8 Å². The molecule has 0 unspecified atom stereocenters. The maximum Gasteiger partial charge on any atom is 0.226 e. The summed E-state index contributed by atoms with van der Waals surface area (Å²) in [6.07, 6.45) is 3.20. The van der Waals surface area contributed by atoms with Crippen molar-refractivity contribution in [2.24, 2.45) is 5.41 Å². The maximum atomic E-state index is 13.7. The number of rotatable bonds is 6. The molecule has 2 aromatic rings. The normalized spacial score (nSPS) is 11.4. The number of pyridine rings is 1. The highest BCUT2D eigenvalue weighted by Crippen LogP contribution is 2.33. The van der Waals surface area contributed by atoms with Crippen molar-refractivity contribution in [3.8, 4) is 0 Å². The number of thioether (sulfide) groups is 1. The van der Waals surface area contributed by atoms with Crippen LogP contribution in [0.15, 0.2) is 35.5 Å². The molecule has 0 aliphatic heterocycles. The van der Waals surface area contributed by atoms with E-state index >= 15 is 0 Å². The number of hydrogen-bond donors (Lipinski definition) is 1. The average molecular weight is 372 g/mol. The van der Waals surface area contributed by atoms with Crippen molar-refractivity contribution >= 4 is 17.7 Å². The maximum absolute atomic E-state index is 13.7. The van der Waals surface area contributed by atoms with Crippen molar-refractivity contribution in [1.82, 2.24) is 10.3 Å². The van der Waals surface area contributed by atoms with Crippen molar-refractivity contribution in [2.75, 3.05) is 5.75 Å². The third-order valence-electron chi connectivity index (χ3n) is 3.44. The van der Waals surface area contributed by atoms with Crippen LogP contribution < -0.4 is 5.32 Å². The van der Waals surface area contributed by atoms with Gasteiger partial charge in [-0.05, 0) is 11.6 Å². The van der Waals surface area contributed by atoms with Gasteiger partial charge < -0.3 is 5.32 Å². The Balaban J connectivity index is 2.03. The lowest BCUT2D eigenvalue weighted by Crippen LogP contribution is -2.38. The fourth-order valence-corrected chi connectivity index (χ4v) is 3.01. The van der Waals surface area contributed by atoms with E-state index in [1.807, 2.05) is 0 Å². The minimum absolute atomic E-state index is 0.0669. The molecule has 0 aliphatic carbocycles. The van der Waals surface area contributed by atoms with Crippen LogP contribution in [0.25, 0.3) is 0 Å². The molecule has 1 aromatic carbocycles. The summed E-state index contributed by atoms with van der Waals surface area (Å²) < 4.78 is 53.8. The molecule has 2 rings (SSSR count). The third-order valence-corrected chi connectivity index (χ3v) is 4.95. The van der Waals surface area contributed by atoms with Gasteiger partial charge in [0, 0.05) is 30.8 Å². The molecule has 134 valence electrons. The minimum atomic E-state index is -1.47. The first-order valence-electron chi connectivity index (χ1n) is 7.35. The van der Waals surface area contributed by atoms with Gasteiger partial charge in [0.15, 0.2) is 23.3 Å². The van der Waals surface area contributed by atoms with Gasteiger partial charge in [0.2, 0.25) is 5.91 Å². The van der Waals surface area contributed by atoms with Crippen LogP contribution in [-0.2, 0) is 11.3 Å². The average Bonchev–Trinajstić information content (AvgIpc) is 2.58. The van der Waals surface area contributed by atoms with Crippen molar-refractivity contribution < 1.29 is 22.4 Å². The summed E-state index contributed by atoms with van der Waals surface area (Å²) >= 11 is 0.556. The SMILES string of the molecule is CC(C)(CSc1c(F)c(F)cc(F)c1F)C(=O)NCc1cccnc1. The number of amides is 1. The second kappa shape index (κ2) is 7.86. The molecule has 0 atom stereocenters. The number of carbonyl (C=O) groups excluding carboxylic acids is 1. The zero-order valence-corrected chi connectivity index (χ0v) is 14.4. The van der Waals surface area contributed by atoms with E-state index < -0.39 is 33.6 Å². The topological polar surface area (TPSA) is 42.0 Å². The number of hydrogen-bond acceptors (Lipinski definition) is 3. The van der Waals surface area contributed by atoms with E-state index in [0.717, 1.165) is 5.56 Å². The van der Waals surface area contributed by atoms with Crippen molar-refractivity contribution in [3.05, 3.63) is 59.4 Å². The predicted octanol–water partition coefficient (Wildman–Crippen LogP) is 4.07. The summed E-state index contributed by atoms with van der Waals surface area (Å²) in [5.74, 6) is -6.30. The molecular weight excluding hydrogens is 356 g/mol. The molecule has 0 fully saturated rings. The lowest BCUT2D eigenvalue weighted by molar-refractivity contribution is -0.128. The zero-order chi connectivity index (χ0) is 18.6. The molecule has 0 bridgehead atoms. The molecule has 0 saturated heterocycles. The summed E-state index contributed by atoms with van der Waals surface area (Å²) in [4.78, 5) is 15.4. The summed E-state index contributed by atoms with van der Waals surface area (Å²) in [5, 5.41) is 2.70. The second-order valence-corrected chi connectivity index (χ2v) is 7.00. The highest BCUT2D eigenvalue weighted by atomic mass is 32.2. The molecule has 3 nitrogen and oxygen atoms in total. The third kappa shape index (κ3) is 4.72. The van der Waals surface area contributed by atoms with E-state index in [2.05, 4.69) is 10.3 Å². The van der Waals surface area contributed by atoms with E-state index in [1.54, 1.807) is 38.4 Å². The summed E-state index contributed by atoms with van der Waals surface area (Å²) in [6.45, 7) is 3.40. The van der Waals surface area contributed by atoms with E-state index in [0.29, 0.717) is 11.8 Å². The van der Waals surface area contributed by atoms with Gasteiger partial charge >= 0.3 is 0 Å². The van der Waals surface area contributed by atoms with Gasteiger partial charge in [-0.3, -0.25) is 9.78 Å². The highest BCUT2D eigenvalue weighted by molar-refractivity contribution is 7.99. The lowest BCUT2D eigenvalue weighted by atomic mass is 9.95. The molecule has 1 heterocycles. The standard InChI is InChI=1S/C17H16F4N2OS/c1-17(2,16(24)23-8-10-4-3-5-22-7-10)9-25-15-13(20)11(18)6-12(19)14(15)21/h3-7H,8-9H2,1-2H3,(H,23,24). The summed E-state index contributed by atoms with van der Waals surface area (Å²) in [5.41, 5.74) is -0.224. The van der Waals surface area contributed by atoms with Crippen LogP contribution in [0.1, 0.15) is 19.4 Å². The van der Waals surface area contributed by atoms with Gasteiger partial charge in [0.05, 0.1) is 10.3 Å². The van der Waals surface area contributed by atoms with Gasteiger partial charge in [-0.2, -0.15) is 0 Å². The first-order valence-corrected chi connectivity index (χ1v) is 8.34. The molecule has 1 aromatic heterocycles. The Morgan fingerprint density at radius 2 is 1.84 bits per heavy atom. The summed E-state index contributed by atoms with van der Waals surface area (Å²) in [7, 11) is 0. The number of carbonyl (C=O) groups is 1. The molecule has 1 N–H and O–H groups in total. The molecule has 0 saturated carbocycles. The Morgan fingerprint density at radius 1 is 1.20 bits per heavy atom. The van der Waals surface area contributed by atoms with Crippen LogP contribution in [0.4, 0.5) is 17.6 Å². The lowest BCUT2D eigenvalue weighted by Gasteiger charge is -2.23. The number of halogens is 4. The van der Waals surface area contributed by atoms with Crippen molar-refractivity contribution in [3.63, 3.8) is 0 Å². The van der Waals surface area contributed by atoms with Crippen LogP contribution in [-0.4, -0.2) is 16.6 Å². The highest BCUT2D eigenvalue weighted by Gasteiger charge is 2.29. The van der Waals surface area contributed by atoms with Crippen molar-refractivity contribution in [2.45, 2.75) is 25.3 Å². The first-order chi connectivity index (χ1) is 11.7.